The number of unbranched alkanes of at least 4 members (excludes halogenated alkanes) is 3. The second-order valence-corrected chi connectivity index (χ2v) is 6.38. The average molecular weight is 352 g/mol. The fourth-order valence-electron chi connectivity index (χ4n) is 2.56. The van der Waals surface area contributed by atoms with E-state index >= 15 is 0 Å². The number of aliphatic hydroxyl groups is 1. The monoisotopic (exact) mass is 352 g/mol. The van der Waals surface area contributed by atoms with Gasteiger partial charge in [-0.25, -0.2) is 0 Å². The maximum atomic E-state index is 11.8. The average Bonchev–Trinajstić information content (AvgIpc) is 2.55. The zero-order valence-electron chi connectivity index (χ0n) is 15.4. The summed E-state index contributed by atoms with van der Waals surface area (Å²) < 4.78 is 0. The zero-order chi connectivity index (χ0) is 19.1. The summed E-state index contributed by atoms with van der Waals surface area (Å²) in [6.45, 7) is 3.58. The van der Waals surface area contributed by atoms with Crippen molar-refractivity contribution in [3.63, 3.8) is 0 Å². The molecule has 0 heterocycles. The molecule has 2 N–H and O–H groups in total. The van der Waals surface area contributed by atoms with Gasteiger partial charge in [0, 0.05) is 18.3 Å². The number of Topliss-reactive ketones (excluding diaryl/α,β-unsaturated/α-hetero) is 1. The Morgan fingerprint density at radius 3 is 2.36 bits per heavy atom. The number of aliphatic hydroxyl groups excluding tert-OH is 1. The first-order valence-corrected chi connectivity index (χ1v) is 9.11. The van der Waals surface area contributed by atoms with Gasteiger partial charge in [-0.2, -0.15) is 0 Å². The van der Waals surface area contributed by atoms with Crippen LogP contribution >= 0.6 is 0 Å². The first kappa shape index (κ1) is 23.2. The minimum absolute atomic E-state index is 0.000819. The van der Waals surface area contributed by atoms with Crippen LogP contribution in [0.3, 0.4) is 0 Å². The highest BCUT2D eigenvalue weighted by atomic mass is 16.4. The van der Waals surface area contributed by atoms with Crippen LogP contribution in [-0.2, 0) is 14.4 Å². The minimum atomic E-state index is -0.899. The third kappa shape index (κ3) is 12.3. The molecule has 0 amide bonds. The molecule has 0 aliphatic heterocycles. The summed E-state index contributed by atoms with van der Waals surface area (Å²) in [7, 11) is 0. The summed E-state index contributed by atoms with van der Waals surface area (Å²) in [6, 6.07) is 0. The van der Waals surface area contributed by atoms with E-state index in [9.17, 15) is 19.5 Å². The van der Waals surface area contributed by atoms with Crippen LogP contribution in [0.5, 0.6) is 0 Å². The van der Waals surface area contributed by atoms with Crippen molar-refractivity contribution >= 4 is 18.0 Å². The SMILES string of the molecule is CCCCC/C=C\C[C@H](C=O)[C@@H](/C=C/[C@@H](O)CCCC(=O)O)C(C)=O. The zero-order valence-corrected chi connectivity index (χ0v) is 15.4. The number of carbonyl (C=O) groups excluding carboxylic acids is 2. The number of hydrogen-bond donors (Lipinski definition) is 2. The number of allylic oxidation sites excluding steroid dienone is 3. The van der Waals surface area contributed by atoms with Crippen LogP contribution in [0.4, 0.5) is 0 Å². The molecule has 3 atom stereocenters. The molecule has 142 valence electrons. The number of carbonyl (C=O) groups is 3. The number of ketones is 1. The van der Waals surface area contributed by atoms with Crippen LogP contribution < -0.4 is 0 Å². The number of aliphatic carboxylic acids is 1. The number of carboxylic acid groups (broad SMARTS) is 1. The third-order valence-corrected chi connectivity index (χ3v) is 4.09. The lowest BCUT2D eigenvalue weighted by Crippen LogP contribution is -2.21. The molecule has 0 aliphatic rings. The molecule has 0 saturated carbocycles. The van der Waals surface area contributed by atoms with E-state index < -0.39 is 23.9 Å². The highest BCUT2D eigenvalue weighted by molar-refractivity contribution is 5.83. The molecule has 0 spiro atoms. The molecule has 5 nitrogen and oxygen atoms in total. The van der Waals surface area contributed by atoms with Crippen LogP contribution in [0.2, 0.25) is 0 Å². The van der Waals surface area contributed by atoms with E-state index in [1.165, 1.54) is 19.4 Å². The van der Waals surface area contributed by atoms with Crippen molar-refractivity contribution in [1.29, 1.82) is 0 Å². The lowest BCUT2D eigenvalue weighted by molar-refractivity contribution is -0.137. The van der Waals surface area contributed by atoms with Crippen molar-refractivity contribution in [3.05, 3.63) is 24.3 Å². The molecular formula is C20H32O5. The Morgan fingerprint density at radius 2 is 1.80 bits per heavy atom. The highest BCUT2D eigenvalue weighted by Crippen LogP contribution is 2.19. The Bertz CT molecular complexity index is 453. The van der Waals surface area contributed by atoms with Crippen molar-refractivity contribution < 1.29 is 24.6 Å². The number of rotatable bonds is 15. The Balaban J connectivity index is 4.55. The van der Waals surface area contributed by atoms with E-state index in [0.717, 1.165) is 25.5 Å². The smallest absolute Gasteiger partial charge is 0.303 e. The predicted molar refractivity (Wildman–Crippen MR) is 98.3 cm³/mol. The normalized spacial score (nSPS) is 15.3. The summed E-state index contributed by atoms with van der Waals surface area (Å²) in [4.78, 5) is 33.7. The predicted octanol–water partition coefficient (Wildman–Crippen LogP) is 3.71. The van der Waals surface area contributed by atoms with Gasteiger partial charge in [-0.3, -0.25) is 9.59 Å². The van der Waals surface area contributed by atoms with Crippen molar-refractivity contribution in [2.24, 2.45) is 11.8 Å². The van der Waals surface area contributed by atoms with E-state index in [1.54, 1.807) is 6.08 Å². The molecule has 0 unspecified atom stereocenters. The van der Waals surface area contributed by atoms with Gasteiger partial charge >= 0.3 is 5.97 Å². The summed E-state index contributed by atoms with van der Waals surface area (Å²) in [5.41, 5.74) is 0. The van der Waals surface area contributed by atoms with Crippen LogP contribution in [-0.4, -0.2) is 34.4 Å². The van der Waals surface area contributed by atoms with Gasteiger partial charge in [-0.1, -0.05) is 44.1 Å². The highest BCUT2D eigenvalue weighted by Gasteiger charge is 2.22. The number of hydrogen-bond acceptors (Lipinski definition) is 4. The van der Waals surface area contributed by atoms with Gasteiger partial charge < -0.3 is 15.0 Å². The van der Waals surface area contributed by atoms with Gasteiger partial charge in [0.25, 0.3) is 0 Å². The minimum Gasteiger partial charge on any atom is -0.481 e. The topological polar surface area (TPSA) is 91.7 Å². The van der Waals surface area contributed by atoms with E-state index in [0.29, 0.717) is 19.3 Å². The molecule has 0 saturated heterocycles. The second kappa shape index (κ2) is 14.6. The lowest BCUT2D eigenvalue weighted by atomic mass is 9.86. The van der Waals surface area contributed by atoms with Crippen molar-refractivity contribution in [1.82, 2.24) is 0 Å². The maximum absolute atomic E-state index is 11.8. The summed E-state index contributed by atoms with van der Waals surface area (Å²) >= 11 is 0. The van der Waals surface area contributed by atoms with Crippen LogP contribution in [0.25, 0.3) is 0 Å². The molecule has 0 bridgehead atoms. The van der Waals surface area contributed by atoms with Gasteiger partial charge in [0.05, 0.1) is 6.10 Å². The molecule has 0 aliphatic carbocycles. The Hall–Kier alpha value is -1.75. The summed E-state index contributed by atoms with van der Waals surface area (Å²) in [5.74, 6) is -2.02. The summed E-state index contributed by atoms with van der Waals surface area (Å²) in [6.07, 6.45) is 12.7. The van der Waals surface area contributed by atoms with Gasteiger partial charge in [-0.05, 0) is 39.0 Å². The van der Waals surface area contributed by atoms with Gasteiger partial charge in [0.2, 0.25) is 0 Å². The Labute approximate surface area is 150 Å². The molecular weight excluding hydrogens is 320 g/mol. The largest absolute Gasteiger partial charge is 0.481 e. The fraction of sp³-hybridized carbons (Fsp3) is 0.650. The molecule has 25 heavy (non-hydrogen) atoms. The molecule has 0 aromatic rings. The van der Waals surface area contributed by atoms with Gasteiger partial charge in [0.15, 0.2) is 0 Å². The van der Waals surface area contributed by atoms with E-state index in [-0.39, 0.29) is 12.2 Å². The van der Waals surface area contributed by atoms with Crippen LogP contribution in [0.1, 0.15) is 65.2 Å². The Kier molecular flexibility index (Phi) is 13.6. The van der Waals surface area contributed by atoms with Crippen molar-refractivity contribution in [2.75, 3.05) is 0 Å². The fourth-order valence-corrected chi connectivity index (χ4v) is 2.56. The van der Waals surface area contributed by atoms with Gasteiger partial charge in [-0.15, -0.1) is 0 Å². The molecule has 0 aromatic heterocycles. The first-order chi connectivity index (χ1) is 11.9. The second-order valence-electron chi connectivity index (χ2n) is 6.38. The number of aldehydes is 1. The van der Waals surface area contributed by atoms with Crippen LogP contribution in [0.15, 0.2) is 24.3 Å². The van der Waals surface area contributed by atoms with Crippen molar-refractivity contribution in [2.45, 2.75) is 71.3 Å². The molecule has 0 aromatic carbocycles. The maximum Gasteiger partial charge on any atom is 0.303 e. The molecule has 0 rings (SSSR count). The third-order valence-electron chi connectivity index (χ3n) is 4.09. The molecule has 0 radical (unpaired) electrons. The van der Waals surface area contributed by atoms with E-state index in [4.69, 9.17) is 5.11 Å². The van der Waals surface area contributed by atoms with Crippen molar-refractivity contribution in [3.8, 4) is 0 Å². The Morgan fingerprint density at radius 1 is 1.08 bits per heavy atom. The van der Waals surface area contributed by atoms with E-state index in [1.807, 2.05) is 12.2 Å². The molecule has 0 fully saturated rings. The van der Waals surface area contributed by atoms with Gasteiger partial charge in [0.1, 0.15) is 12.1 Å². The lowest BCUT2D eigenvalue weighted by Gasteiger charge is -2.16. The number of carboxylic acids is 1. The van der Waals surface area contributed by atoms with E-state index in [2.05, 4.69) is 6.92 Å². The summed E-state index contributed by atoms with van der Waals surface area (Å²) in [5, 5.41) is 18.4. The first-order valence-electron chi connectivity index (χ1n) is 9.11. The quantitative estimate of drug-likeness (QED) is 0.266. The van der Waals surface area contributed by atoms with Crippen LogP contribution in [0, 0.1) is 11.8 Å². The molecule has 5 heteroatoms. The standard InChI is InChI=1S/C20H32O5/c1-3-4-5-6-7-8-10-17(15-21)19(16(2)22)14-13-18(23)11-9-12-20(24)25/h7-8,13-15,17-19,23H,3-6,9-12H2,1-2H3,(H,24,25)/b8-7-,14-13+/t17-,18+,19+/m1/s1.